The number of ketones is 1. The van der Waals surface area contributed by atoms with Gasteiger partial charge < -0.3 is 0 Å². The molecule has 0 N–H and O–H groups in total. The average Bonchev–Trinajstić information content (AvgIpc) is 2.31. The van der Waals surface area contributed by atoms with Gasteiger partial charge in [-0.1, -0.05) is 19.3 Å². The van der Waals surface area contributed by atoms with Gasteiger partial charge in [-0.3, -0.25) is 4.79 Å². The number of rotatable bonds is 3. The van der Waals surface area contributed by atoms with Crippen LogP contribution in [0.5, 0.6) is 0 Å². The largest absolute Gasteiger partial charge is 0.417 e. The van der Waals surface area contributed by atoms with Gasteiger partial charge in [0.05, 0.1) is 17.2 Å². The first-order chi connectivity index (χ1) is 8.91. The van der Waals surface area contributed by atoms with Crippen molar-refractivity contribution < 1.29 is 18.0 Å². The lowest BCUT2D eigenvalue weighted by atomic mass is 9.80. The molecule has 1 fully saturated rings. The second-order valence-corrected chi connectivity index (χ2v) is 4.79. The Labute approximate surface area is 108 Å². The summed E-state index contributed by atoms with van der Waals surface area (Å²) < 4.78 is 38.7. The molecule has 0 aromatic heterocycles. The van der Waals surface area contributed by atoms with E-state index in [1.54, 1.807) is 6.07 Å². The summed E-state index contributed by atoms with van der Waals surface area (Å²) in [5.74, 6) is -0.272. The van der Waals surface area contributed by atoms with Crippen LogP contribution in [-0.4, -0.2) is 5.78 Å². The molecule has 1 aliphatic rings. The summed E-state index contributed by atoms with van der Waals surface area (Å²) in [5.41, 5.74) is -1.42. The van der Waals surface area contributed by atoms with Crippen molar-refractivity contribution in [1.82, 2.24) is 0 Å². The van der Waals surface area contributed by atoms with Crippen LogP contribution < -0.4 is 0 Å². The van der Waals surface area contributed by atoms with Gasteiger partial charge in [0.15, 0.2) is 5.78 Å². The molecule has 1 aromatic carbocycles. The van der Waals surface area contributed by atoms with Crippen LogP contribution in [0.2, 0.25) is 0 Å². The molecule has 0 radical (unpaired) electrons. The van der Waals surface area contributed by atoms with Gasteiger partial charge in [0.2, 0.25) is 0 Å². The van der Waals surface area contributed by atoms with E-state index in [1.807, 2.05) is 0 Å². The van der Waals surface area contributed by atoms with Crippen LogP contribution >= 0.6 is 0 Å². The quantitative estimate of drug-likeness (QED) is 0.778. The molecule has 0 heterocycles. The Balaban J connectivity index is 2.33. The summed E-state index contributed by atoms with van der Waals surface area (Å²) in [5, 5.41) is 8.65. The number of hydrogen-bond donors (Lipinski definition) is 0. The smallest absolute Gasteiger partial charge is 0.294 e. The zero-order chi connectivity index (χ0) is 14.0. The lowest BCUT2D eigenvalue weighted by Gasteiger charge is -2.25. The van der Waals surface area contributed by atoms with Crippen LogP contribution in [0.15, 0.2) is 18.2 Å². The molecule has 2 nitrogen and oxygen atoms in total. The van der Waals surface area contributed by atoms with Crippen LogP contribution in [0.1, 0.15) is 47.2 Å². The van der Waals surface area contributed by atoms with E-state index < -0.39 is 17.5 Å². The number of nitriles is 1. The number of nitrogens with zero attached hydrogens (tertiary/aromatic N) is 1. The number of Topliss-reactive ketones (excluding diaryl/α,β-unsaturated/α-hetero) is 1. The molecule has 1 aliphatic carbocycles. The van der Waals surface area contributed by atoms with Gasteiger partial charge >= 0.3 is 6.18 Å². The van der Waals surface area contributed by atoms with E-state index in [0.29, 0.717) is 0 Å². The van der Waals surface area contributed by atoms with E-state index in [1.165, 1.54) is 6.07 Å². The van der Waals surface area contributed by atoms with Gasteiger partial charge in [0, 0.05) is 12.0 Å². The zero-order valence-electron chi connectivity index (χ0n) is 10.1. The Morgan fingerprint density at radius 2 is 2.05 bits per heavy atom. The molecule has 0 spiro atoms. The highest BCUT2D eigenvalue weighted by molar-refractivity contribution is 5.98. The Morgan fingerprint density at radius 1 is 1.37 bits per heavy atom. The van der Waals surface area contributed by atoms with Crippen molar-refractivity contribution in [3.8, 4) is 6.07 Å². The van der Waals surface area contributed by atoms with Gasteiger partial charge in [-0.05, 0) is 24.1 Å². The Morgan fingerprint density at radius 3 is 2.53 bits per heavy atom. The van der Waals surface area contributed by atoms with Crippen molar-refractivity contribution in [3.05, 3.63) is 34.9 Å². The normalized spacial score (nSPS) is 15.7. The van der Waals surface area contributed by atoms with E-state index in [2.05, 4.69) is 0 Å². The van der Waals surface area contributed by atoms with Gasteiger partial charge in [-0.25, -0.2) is 0 Å². The van der Waals surface area contributed by atoms with Gasteiger partial charge in [0.25, 0.3) is 0 Å². The number of hydrogen-bond acceptors (Lipinski definition) is 2. The van der Waals surface area contributed by atoms with Crippen molar-refractivity contribution in [2.75, 3.05) is 0 Å². The summed E-state index contributed by atoms with van der Waals surface area (Å²) in [7, 11) is 0. The average molecular weight is 267 g/mol. The minimum absolute atomic E-state index is 0.0903. The number of alkyl halides is 3. The Kier molecular flexibility index (Phi) is 3.61. The Bertz CT molecular complexity index is 539. The lowest BCUT2D eigenvalue weighted by Crippen LogP contribution is -2.19. The number of carbonyl (C=O) groups is 1. The molecule has 2 rings (SSSR count). The van der Waals surface area contributed by atoms with Gasteiger partial charge in [-0.15, -0.1) is 0 Å². The minimum Gasteiger partial charge on any atom is -0.294 e. The lowest BCUT2D eigenvalue weighted by molar-refractivity contribution is -0.137. The number of halogens is 3. The first-order valence-electron chi connectivity index (χ1n) is 6.06. The summed E-state index contributed by atoms with van der Waals surface area (Å²) in [6.07, 6.45) is -1.60. The van der Waals surface area contributed by atoms with Crippen molar-refractivity contribution >= 4 is 5.78 Å². The van der Waals surface area contributed by atoms with Crippen molar-refractivity contribution in [2.24, 2.45) is 5.92 Å². The molecule has 1 saturated carbocycles. The molecule has 0 aliphatic heterocycles. The SMILES string of the molecule is N#Cc1ccc(C(=O)CC2CCC2)c(C(F)(F)F)c1. The van der Waals surface area contributed by atoms with Crippen LogP contribution in [0.4, 0.5) is 13.2 Å². The third-order valence-corrected chi connectivity index (χ3v) is 3.45. The summed E-state index contributed by atoms with van der Waals surface area (Å²) in [6.45, 7) is 0. The molecule has 0 bridgehead atoms. The molecule has 100 valence electrons. The van der Waals surface area contributed by atoms with Crippen LogP contribution in [0.25, 0.3) is 0 Å². The maximum Gasteiger partial charge on any atom is 0.417 e. The first kappa shape index (κ1) is 13.6. The fourth-order valence-corrected chi connectivity index (χ4v) is 2.16. The first-order valence-corrected chi connectivity index (χ1v) is 6.06. The van der Waals surface area contributed by atoms with Crippen LogP contribution in [-0.2, 0) is 6.18 Å². The highest BCUT2D eigenvalue weighted by Gasteiger charge is 2.36. The van der Waals surface area contributed by atoms with Crippen molar-refractivity contribution in [3.63, 3.8) is 0 Å². The van der Waals surface area contributed by atoms with E-state index in [9.17, 15) is 18.0 Å². The van der Waals surface area contributed by atoms with E-state index in [4.69, 9.17) is 5.26 Å². The second kappa shape index (κ2) is 5.04. The standard InChI is InChI=1S/C14H12F3NO/c15-14(16,17)12-6-10(8-18)4-5-11(12)13(19)7-9-2-1-3-9/h4-6,9H,1-3,7H2. The molecule has 0 saturated heterocycles. The second-order valence-electron chi connectivity index (χ2n) is 4.79. The predicted octanol–water partition coefficient (Wildman–Crippen LogP) is 3.95. The fourth-order valence-electron chi connectivity index (χ4n) is 2.16. The Hall–Kier alpha value is -1.83. The molecule has 0 unspecified atom stereocenters. The maximum atomic E-state index is 12.9. The van der Waals surface area contributed by atoms with Gasteiger partial charge in [-0.2, -0.15) is 18.4 Å². The predicted molar refractivity (Wildman–Crippen MR) is 62.4 cm³/mol. The minimum atomic E-state index is -4.61. The maximum absolute atomic E-state index is 12.9. The zero-order valence-corrected chi connectivity index (χ0v) is 10.1. The van der Waals surface area contributed by atoms with Crippen LogP contribution in [0.3, 0.4) is 0 Å². The molecular weight excluding hydrogens is 255 g/mol. The molecule has 5 heteroatoms. The van der Waals surface area contributed by atoms with E-state index in [0.717, 1.165) is 31.4 Å². The third-order valence-electron chi connectivity index (χ3n) is 3.45. The highest BCUT2D eigenvalue weighted by Crippen LogP contribution is 2.35. The van der Waals surface area contributed by atoms with E-state index in [-0.39, 0.29) is 23.5 Å². The molecule has 19 heavy (non-hydrogen) atoms. The summed E-state index contributed by atoms with van der Waals surface area (Å²) in [6, 6.07) is 4.77. The number of carbonyl (C=O) groups excluding carboxylic acids is 1. The molecule has 1 aromatic rings. The fraction of sp³-hybridized carbons (Fsp3) is 0.429. The molecule has 0 amide bonds. The monoisotopic (exact) mass is 267 g/mol. The topological polar surface area (TPSA) is 40.9 Å². The summed E-state index contributed by atoms with van der Waals surface area (Å²) in [4.78, 5) is 11.9. The summed E-state index contributed by atoms with van der Waals surface area (Å²) >= 11 is 0. The van der Waals surface area contributed by atoms with E-state index >= 15 is 0 Å². The molecular formula is C14H12F3NO. The van der Waals surface area contributed by atoms with Crippen molar-refractivity contribution in [1.29, 1.82) is 5.26 Å². The highest BCUT2D eigenvalue weighted by atomic mass is 19.4. The van der Waals surface area contributed by atoms with Crippen LogP contribution in [0, 0.1) is 17.2 Å². The van der Waals surface area contributed by atoms with Gasteiger partial charge in [0.1, 0.15) is 0 Å². The van der Waals surface area contributed by atoms with Crippen molar-refractivity contribution in [2.45, 2.75) is 31.9 Å². The molecule has 0 atom stereocenters. The third kappa shape index (κ3) is 2.95. The number of benzene rings is 1.